The fourth-order valence-electron chi connectivity index (χ4n) is 4.02. The Kier molecular flexibility index (Phi) is 4.62. The molecule has 7 heteroatoms. The first kappa shape index (κ1) is 16.8. The Labute approximate surface area is 149 Å². The number of benzene rings is 1. The monoisotopic (exact) mass is 360 g/mol. The van der Waals surface area contributed by atoms with Crippen LogP contribution in [0.3, 0.4) is 0 Å². The highest BCUT2D eigenvalue weighted by Gasteiger charge is 2.43. The fourth-order valence-corrected chi connectivity index (χ4v) is 5.49. The minimum atomic E-state index is -3.42. The van der Waals surface area contributed by atoms with E-state index in [4.69, 9.17) is 0 Å². The van der Waals surface area contributed by atoms with Crippen LogP contribution in [0, 0.1) is 5.92 Å². The minimum absolute atomic E-state index is 0.195. The largest absolute Gasteiger partial charge is 0.334 e. The van der Waals surface area contributed by atoms with Gasteiger partial charge in [0.25, 0.3) is 10.2 Å². The van der Waals surface area contributed by atoms with Crippen LogP contribution in [-0.4, -0.2) is 34.9 Å². The van der Waals surface area contributed by atoms with E-state index in [1.54, 1.807) is 10.5 Å². The Morgan fingerprint density at radius 1 is 1.20 bits per heavy atom. The summed E-state index contributed by atoms with van der Waals surface area (Å²) in [6.07, 6.45) is 7.72. The first-order valence-corrected chi connectivity index (χ1v) is 10.4. The molecule has 2 bridgehead atoms. The number of imidazole rings is 1. The number of hydrogen-bond donors (Lipinski definition) is 1. The van der Waals surface area contributed by atoms with Crippen molar-refractivity contribution >= 4 is 10.2 Å². The average Bonchev–Trinajstić information content (AvgIpc) is 3.36. The summed E-state index contributed by atoms with van der Waals surface area (Å²) in [6, 6.07) is 10.5. The molecule has 1 aromatic heterocycles. The topological polar surface area (TPSA) is 67.2 Å². The number of fused-ring (bicyclic) bond motifs is 2. The lowest BCUT2D eigenvalue weighted by Gasteiger charge is -2.26. The molecule has 6 nitrogen and oxygen atoms in total. The van der Waals surface area contributed by atoms with Crippen LogP contribution < -0.4 is 4.72 Å². The van der Waals surface area contributed by atoms with Gasteiger partial charge in [0.2, 0.25) is 0 Å². The van der Waals surface area contributed by atoms with E-state index in [-0.39, 0.29) is 12.6 Å². The zero-order valence-corrected chi connectivity index (χ0v) is 15.0. The van der Waals surface area contributed by atoms with Crippen LogP contribution >= 0.6 is 0 Å². The van der Waals surface area contributed by atoms with Crippen molar-refractivity contribution in [2.24, 2.45) is 5.92 Å². The molecule has 0 spiro atoms. The van der Waals surface area contributed by atoms with Crippen LogP contribution in [0.1, 0.15) is 30.7 Å². The Morgan fingerprint density at radius 2 is 2.04 bits per heavy atom. The molecule has 1 aliphatic carbocycles. The summed E-state index contributed by atoms with van der Waals surface area (Å²) >= 11 is 0. The van der Waals surface area contributed by atoms with Gasteiger partial charge in [0.15, 0.2) is 0 Å². The van der Waals surface area contributed by atoms with Gasteiger partial charge in [-0.05, 0) is 37.2 Å². The maximum Gasteiger partial charge on any atom is 0.280 e. The van der Waals surface area contributed by atoms with E-state index in [9.17, 15) is 8.42 Å². The summed E-state index contributed by atoms with van der Waals surface area (Å²) in [7, 11) is -3.42. The van der Waals surface area contributed by atoms with E-state index < -0.39 is 10.2 Å². The Morgan fingerprint density at radius 3 is 2.76 bits per heavy atom. The molecule has 2 heterocycles. The van der Waals surface area contributed by atoms with Gasteiger partial charge >= 0.3 is 0 Å². The van der Waals surface area contributed by atoms with Crippen molar-refractivity contribution in [3.63, 3.8) is 0 Å². The predicted molar refractivity (Wildman–Crippen MR) is 96.0 cm³/mol. The summed E-state index contributed by atoms with van der Waals surface area (Å²) in [4.78, 5) is 4.32. The number of aryl methyl sites for hydroxylation is 2. The van der Waals surface area contributed by atoms with Crippen molar-refractivity contribution in [2.45, 2.75) is 44.8 Å². The summed E-state index contributed by atoms with van der Waals surface area (Å²) < 4.78 is 31.6. The van der Waals surface area contributed by atoms with Crippen molar-refractivity contribution in [2.75, 3.05) is 6.54 Å². The number of aromatic nitrogens is 2. The van der Waals surface area contributed by atoms with Gasteiger partial charge in [-0.25, -0.2) is 4.98 Å². The smallest absolute Gasteiger partial charge is 0.280 e. The lowest BCUT2D eigenvalue weighted by atomic mass is 10.1. The molecule has 2 atom stereocenters. The number of nitrogens with one attached hydrogen (secondary N) is 1. The number of rotatable bonds is 7. The summed E-state index contributed by atoms with van der Waals surface area (Å²) in [5, 5.41) is 0. The number of nitrogens with zero attached hydrogens (tertiary/aromatic N) is 3. The highest BCUT2D eigenvalue weighted by molar-refractivity contribution is 7.87. The zero-order valence-electron chi connectivity index (χ0n) is 14.2. The third-order valence-corrected chi connectivity index (χ3v) is 6.94. The molecule has 25 heavy (non-hydrogen) atoms. The van der Waals surface area contributed by atoms with E-state index in [0.29, 0.717) is 12.5 Å². The molecule has 1 N–H and O–H groups in total. The molecule has 1 saturated carbocycles. The van der Waals surface area contributed by atoms with Gasteiger partial charge in [-0.3, -0.25) is 0 Å². The third kappa shape index (κ3) is 3.63. The van der Waals surface area contributed by atoms with Crippen molar-refractivity contribution in [1.29, 1.82) is 0 Å². The molecule has 0 amide bonds. The number of hydrogen-bond acceptors (Lipinski definition) is 3. The molecule has 2 aliphatic rings. The van der Waals surface area contributed by atoms with E-state index in [2.05, 4.69) is 21.8 Å². The first-order chi connectivity index (χ1) is 12.1. The van der Waals surface area contributed by atoms with Crippen LogP contribution in [0.15, 0.2) is 42.7 Å². The van der Waals surface area contributed by atoms with Gasteiger partial charge in [-0.1, -0.05) is 30.3 Å². The highest BCUT2D eigenvalue weighted by atomic mass is 32.2. The van der Waals surface area contributed by atoms with Crippen LogP contribution in [0.25, 0.3) is 0 Å². The van der Waals surface area contributed by atoms with Gasteiger partial charge in [0, 0.05) is 31.5 Å². The second kappa shape index (κ2) is 6.90. The van der Waals surface area contributed by atoms with Gasteiger partial charge in [-0.15, -0.1) is 0 Å². The quantitative estimate of drug-likeness (QED) is 0.821. The SMILES string of the molecule is O=S(=O)(NCc1nccn1CCc1ccccc1)N1CC2CCC1C2. The highest BCUT2D eigenvalue weighted by Crippen LogP contribution is 2.38. The molecule has 4 rings (SSSR count). The van der Waals surface area contributed by atoms with Crippen molar-refractivity contribution in [3.05, 3.63) is 54.1 Å². The van der Waals surface area contributed by atoms with Gasteiger partial charge in [0.1, 0.15) is 5.82 Å². The van der Waals surface area contributed by atoms with E-state index in [0.717, 1.165) is 31.6 Å². The summed E-state index contributed by atoms with van der Waals surface area (Å²) in [5.74, 6) is 1.30. The molecular weight excluding hydrogens is 336 g/mol. The molecule has 1 saturated heterocycles. The minimum Gasteiger partial charge on any atom is -0.334 e. The standard InChI is InChI=1S/C18H24N4O2S/c23-25(24,22-14-16-6-7-17(22)12-16)20-13-18-19-9-11-21(18)10-8-15-4-2-1-3-5-15/h1-5,9,11,16-17,20H,6-8,10,12-14H2. The Bertz CT molecular complexity index is 819. The van der Waals surface area contributed by atoms with E-state index in [1.165, 1.54) is 12.0 Å². The predicted octanol–water partition coefficient (Wildman–Crippen LogP) is 1.94. The van der Waals surface area contributed by atoms with Gasteiger partial charge < -0.3 is 4.57 Å². The molecule has 2 unspecified atom stereocenters. The van der Waals surface area contributed by atoms with Crippen LogP contribution in [0.2, 0.25) is 0 Å². The van der Waals surface area contributed by atoms with Crippen molar-refractivity contribution in [3.8, 4) is 0 Å². The Hall–Kier alpha value is -1.70. The maximum atomic E-state index is 12.6. The van der Waals surface area contributed by atoms with Crippen LogP contribution in [0.4, 0.5) is 0 Å². The molecule has 0 radical (unpaired) electrons. The fraction of sp³-hybridized carbons (Fsp3) is 0.500. The molecular formula is C18H24N4O2S. The van der Waals surface area contributed by atoms with E-state index in [1.807, 2.05) is 29.0 Å². The molecule has 1 aromatic carbocycles. The second-order valence-corrected chi connectivity index (χ2v) is 8.71. The molecule has 134 valence electrons. The lowest BCUT2D eigenvalue weighted by molar-refractivity contribution is 0.328. The van der Waals surface area contributed by atoms with Gasteiger partial charge in [0.05, 0.1) is 6.54 Å². The molecule has 1 aliphatic heterocycles. The van der Waals surface area contributed by atoms with Gasteiger partial charge in [-0.2, -0.15) is 17.4 Å². The van der Waals surface area contributed by atoms with Crippen molar-refractivity contribution in [1.82, 2.24) is 18.6 Å². The van der Waals surface area contributed by atoms with Crippen molar-refractivity contribution < 1.29 is 8.42 Å². The third-order valence-electron chi connectivity index (χ3n) is 5.37. The summed E-state index contributed by atoms with van der Waals surface area (Å²) in [5.41, 5.74) is 1.26. The lowest BCUT2D eigenvalue weighted by Crippen LogP contribution is -2.44. The first-order valence-electron chi connectivity index (χ1n) is 8.92. The Balaban J connectivity index is 1.36. The average molecular weight is 360 g/mol. The van der Waals surface area contributed by atoms with Crippen LogP contribution in [0.5, 0.6) is 0 Å². The normalized spacial score (nSPS) is 23.4. The molecule has 2 fully saturated rings. The second-order valence-electron chi connectivity index (χ2n) is 7.00. The zero-order chi connectivity index (χ0) is 17.3. The maximum absolute atomic E-state index is 12.6. The summed E-state index contributed by atoms with van der Waals surface area (Å²) in [6.45, 7) is 1.69. The number of piperidine rings is 1. The van der Waals surface area contributed by atoms with Crippen LogP contribution in [-0.2, 0) is 29.7 Å². The molecule has 2 aromatic rings. The van der Waals surface area contributed by atoms with E-state index >= 15 is 0 Å².